The second-order valence-electron chi connectivity index (χ2n) is 7.62. The molecule has 0 aliphatic heterocycles. The molecule has 3 aromatic rings. The predicted octanol–water partition coefficient (Wildman–Crippen LogP) is 5.05. The second-order valence-corrected chi connectivity index (χ2v) is 7.62. The molecule has 5 nitrogen and oxygen atoms in total. The van der Waals surface area contributed by atoms with E-state index in [0.29, 0.717) is 25.5 Å². The van der Waals surface area contributed by atoms with Gasteiger partial charge >= 0.3 is 0 Å². The second kappa shape index (κ2) is 10.1. The topological polar surface area (TPSA) is 56.2 Å². The number of ether oxygens (including phenoxy) is 1. The number of aryl methyl sites for hydroxylation is 1. The lowest BCUT2D eigenvalue weighted by atomic mass is 10.0. The van der Waals surface area contributed by atoms with E-state index in [0.717, 1.165) is 42.0 Å². The summed E-state index contributed by atoms with van der Waals surface area (Å²) < 4.78 is 8.10. The maximum absolute atomic E-state index is 11.9. The van der Waals surface area contributed by atoms with E-state index in [2.05, 4.69) is 41.9 Å². The minimum absolute atomic E-state index is 0.0688. The summed E-state index contributed by atoms with van der Waals surface area (Å²) in [7, 11) is 0. The normalized spacial score (nSPS) is 11.2. The number of nitrogens with zero attached hydrogens (tertiary/aromatic N) is 2. The summed E-state index contributed by atoms with van der Waals surface area (Å²) in [4.78, 5) is 16.6. The van der Waals surface area contributed by atoms with Gasteiger partial charge in [0.15, 0.2) is 0 Å². The summed E-state index contributed by atoms with van der Waals surface area (Å²) in [5.74, 6) is 2.38. The number of amides is 1. The number of aromatic nitrogens is 2. The van der Waals surface area contributed by atoms with Crippen molar-refractivity contribution in [2.45, 2.75) is 59.0 Å². The Kier molecular flexibility index (Phi) is 7.28. The Balaban J connectivity index is 1.60. The zero-order valence-corrected chi connectivity index (χ0v) is 17.6. The van der Waals surface area contributed by atoms with Crippen LogP contribution in [0, 0.1) is 0 Å². The summed E-state index contributed by atoms with van der Waals surface area (Å²) in [5.41, 5.74) is 3.36. The number of nitrogens with one attached hydrogen (secondary N) is 1. The van der Waals surface area contributed by atoms with Gasteiger partial charge in [0.25, 0.3) is 0 Å². The SMILES string of the molecule is CCCC(=O)NCc1nc2ccccc2n1CCCOc1ccc(C(C)C)cc1. The molecule has 154 valence electrons. The lowest BCUT2D eigenvalue weighted by Gasteiger charge is -2.12. The molecular formula is C24H31N3O2. The molecule has 0 aliphatic rings. The van der Waals surface area contributed by atoms with Crippen LogP contribution in [-0.4, -0.2) is 22.1 Å². The first-order valence-corrected chi connectivity index (χ1v) is 10.5. The maximum Gasteiger partial charge on any atom is 0.220 e. The van der Waals surface area contributed by atoms with Gasteiger partial charge < -0.3 is 14.6 Å². The Morgan fingerprint density at radius 2 is 1.90 bits per heavy atom. The fraction of sp³-hybridized carbons (Fsp3) is 0.417. The molecule has 0 atom stereocenters. The van der Waals surface area contributed by atoms with Crippen LogP contribution >= 0.6 is 0 Å². The third-order valence-electron chi connectivity index (χ3n) is 5.00. The lowest BCUT2D eigenvalue weighted by molar-refractivity contribution is -0.121. The van der Waals surface area contributed by atoms with Gasteiger partial charge in [-0.15, -0.1) is 0 Å². The number of carbonyl (C=O) groups excluding carboxylic acids is 1. The highest BCUT2D eigenvalue weighted by Crippen LogP contribution is 2.19. The van der Waals surface area contributed by atoms with E-state index in [9.17, 15) is 4.79 Å². The van der Waals surface area contributed by atoms with E-state index >= 15 is 0 Å². The van der Waals surface area contributed by atoms with Crippen molar-refractivity contribution >= 4 is 16.9 Å². The van der Waals surface area contributed by atoms with Crippen molar-refractivity contribution in [2.24, 2.45) is 0 Å². The molecule has 29 heavy (non-hydrogen) atoms. The molecule has 0 unspecified atom stereocenters. The molecule has 0 fully saturated rings. The van der Waals surface area contributed by atoms with Gasteiger partial charge in [-0.25, -0.2) is 4.98 Å². The van der Waals surface area contributed by atoms with Crippen molar-refractivity contribution < 1.29 is 9.53 Å². The summed E-state index contributed by atoms with van der Waals surface area (Å²) >= 11 is 0. The standard InChI is InChI=1S/C24H31N3O2/c1-4-8-24(28)25-17-23-26-21-9-5-6-10-22(21)27(23)15-7-16-29-20-13-11-19(12-14-20)18(2)3/h5-6,9-14,18H,4,7-8,15-17H2,1-3H3,(H,25,28). The third-order valence-corrected chi connectivity index (χ3v) is 5.00. The van der Waals surface area contributed by atoms with Crippen molar-refractivity contribution in [1.82, 2.24) is 14.9 Å². The number of para-hydroxylation sites is 2. The average Bonchev–Trinajstić information content (AvgIpc) is 3.08. The van der Waals surface area contributed by atoms with Crippen molar-refractivity contribution in [3.8, 4) is 5.75 Å². The highest BCUT2D eigenvalue weighted by Gasteiger charge is 2.11. The zero-order valence-electron chi connectivity index (χ0n) is 17.6. The van der Waals surface area contributed by atoms with Crippen molar-refractivity contribution in [2.75, 3.05) is 6.61 Å². The Labute approximate surface area is 173 Å². The fourth-order valence-corrected chi connectivity index (χ4v) is 3.36. The molecule has 1 aromatic heterocycles. The Morgan fingerprint density at radius 1 is 1.14 bits per heavy atom. The summed E-state index contributed by atoms with van der Waals surface area (Å²) in [6, 6.07) is 16.4. The molecule has 1 heterocycles. The predicted molar refractivity (Wildman–Crippen MR) is 117 cm³/mol. The van der Waals surface area contributed by atoms with Gasteiger partial charge in [0, 0.05) is 13.0 Å². The molecule has 0 saturated heterocycles. The van der Waals surface area contributed by atoms with E-state index < -0.39 is 0 Å². The van der Waals surface area contributed by atoms with Crippen LogP contribution in [0.15, 0.2) is 48.5 Å². The number of carbonyl (C=O) groups is 1. The monoisotopic (exact) mass is 393 g/mol. The van der Waals surface area contributed by atoms with E-state index in [1.54, 1.807) is 0 Å². The van der Waals surface area contributed by atoms with Gasteiger partial charge in [-0.2, -0.15) is 0 Å². The highest BCUT2D eigenvalue weighted by atomic mass is 16.5. The van der Waals surface area contributed by atoms with Crippen LogP contribution in [0.4, 0.5) is 0 Å². The Hall–Kier alpha value is -2.82. The van der Waals surface area contributed by atoms with Gasteiger partial charge in [0.05, 0.1) is 24.2 Å². The third kappa shape index (κ3) is 5.59. The molecule has 1 N–H and O–H groups in total. The summed E-state index contributed by atoms with van der Waals surface area (Å²) in [6.07, 6.45) is 2.25. The largest absolute Gasteiger partial charge is 0.494 e. The number of benzene rings is 2. The van der Waals surface area contributed by atoms with Crippen LogP contribution in [0.2, 0.25) is 0 Å². The molecule has 3 rings (SSSR count). The van der Waals surface area contributed by atoms with Crippen molar-refractivity contribution in [1.29, 1.82) is 0 Å². The molecule has 0 saturated carbocycles. The quantitative estimate of drug-likeness (QED) is 0.491. The molecule has 1 amide bonds. The first-order chi connectivity index (χ1) is 14.1. The first-order valence-electron chi connectivity index (χ1n) is 10.5. The highest BCUT2D eigenvalue weighted by molar-refractivity contribution is 5.77. The van der Waals surface area contributed by atoms with Crippen LogP contribution in [0.5, 0.6) is 5.75 Å². The van der Waals surface area contributed by atoms with Gasteiger partial charge in [-0.3, -0.25) is 4.79 Å². The van der Waals surface area contributed by atoms with Gasteiger partial charge in [-0.1, -0.05) is 45.0 Å². The number of hydrogen-bond donors (Lipinski definition) is 1. The van der Waals surface area contributed by atoms with Crippen molar-refractivity contribution in [3.63, 3.8) is 0 Å². The first kappa shape index (κ1) is 20.9. The molecular weight excluding hydrogens is 362 g/mol. The minimum atomic E-state index is 0.0688. The molecule has 5 heteroatoms. The number of fused-ring (bicyclic) bond motifs is 1. The van der Waals surface area contributed by atoms with E-state index in [4.69, 9.17) is 9.72 Å². The fourth-order valence-electron chi connectivity index (χ4n) is 3.36. The molecule has 0 aliphatic carbocycles. The van der Waals surface area contributed by atoms with Crippen LogP contribution < -0.4 is 10.1 Å². The number of rotatable bonds is 10. The Morgan fingerprint density at radius 3 is 2.62 bits per heavy atom. The lowest BCUT2D eigenvalue weighted by Crippen LogP contribution is -2.24. The smallest absolute Gasteiger partial charge is 0.220 e. The maximum atomic E-state index is 11.9. The molecule has 0 bridgehead atoms. The molecule has 0 spiro atoms. The van der Waals surface area contributed by atoms with E-state index in [-0.39, 0.29) is 5.91 Å². The van der Waals surface area contributed by atoms with E-state index in [1.165, 1.54) is 5.56 Å². The summed E-state index contributed by atoms with van der Waals surface area (Å²) in [6.45, 7) is 8.26. The van der Waals surface area contributed by atoms with E-state index in [1.807, 2.05) is 37.3 Å². The number of hydrogen-bond acceptors (Lipinski definition) is 3. The van der Waals surface area contributed by atoms with Gasteiger partial charge in [-0.05, 0) is 48.6 Å². The minimum Gasteiger partial charge on any atom is -0.494 e. The van der Waals surface area contributed by atoms with Crippen LogP contribution in [0.3, 0.4) is 0 Å². The van der Waals surface area contributed by atoms with Gasteiger partial charge in [0.2, 0.25) is 5.91 Å². The van der Waals surface area contributed by atoms with Gasteiger partial charge in [0.1, 0.15) is 11.6 Å². The molecule has 0 radical (unpaired) electrons. The Bertz CT molecular complexity index is 929. The van der Waals surface area contributed by atoms with Crippen LogP contribution in [-0.2, 0) is 17.9 Å². The average molecular weight is 394 g/mol. The zero-order chi connectivity index (χ0) is 20.6. The summed E-state index contributed by atoms with van der Waals surface area (Å²) in [5, 5.41) is 2.98. The van der Waals surface area contributed by atoms with Crippen LogP contribution in [0.25, 0.3) is 11.0 Å². The van der Waals surface area contributed by atoms with Crippen LogP contribution in [0.1, 0.15) is 57.3 Å². The van der Waals surface area contributed by atoms with Crippen molar-refractivity contribution in [3.05, 3.63) is 59.9 Å². The molecule has 2 aromatic carbocycles. The number of imidazole rings is 1.